The monoisotopic (exact) mass is 670 g/mol. The van der Waals surface area contributed by atoms with E-state index < -0.39 is 0 Å². The Morgan fingerprint density at radius 2 is 1.33 bits per heavy atom. The van der Waals surface area contributed by atoms with Crippen molar-refractivity contribution in [3.05, 3.63) is 140 Å². The Kier molecular flexibility index (Phi) is 5.40. The molecule has 9 aromatic rings. The van der Waals surface area contributed by atoms with E-state index >= 15 is 0 Å². The largest absolute Gasteiger partial charge is 0.439 e. The zero-order valence-electron chi connectivity index (χ0n) is 26.9. The van der Waals surface area contributed by atoms with Crippen LogP contribution in [0.4, 0.5) is 17.2 Å². The van der Waals surface area contributed by atoms with Gasteiger partial charge in [-0.2, -0.15) is 0 Å². The van der Waals surface area contributed by atoms with Gasteiger partial charge in [-0.25, -0.2) is 15.0 Å². The fraction of sp³-hybridized carbons (Fsp3) is 0. The molecule has 0 fully saturated rings. The van der Waals surface area contributed by atoms with Gasteiger partial charge in [0.25, 0.3) is 6.71 Å². The average molecular weight is 671 g/mol. The maximum absolute atomic E-state index is 6.91. The summed E-state index contributed by atoms with van der Waals surface area (Å²) in [6.07, 6.45) is 7.56. The van der Waals surface area contributed by atoms with E-state index in [0.717, 1.165) is 77.0 Å². The van der Waals surface area contributed by atoms with Crippen LogP contribution in [0, 0.1) is 0 Å². The van der Waals surface area contributed by atoms with Crippen LogP contribution < -0.4 is 26.0 Å². The molecular formula is C42H23BN6OS. The van der Waals surface area contributed by atoms with Gasteiger partial charge in [-0.1, -0.05) is 72.4 Å². The van der Waals surface area contributed by atoms with Gasteiger partial charge in [0.1, 0.15) is 11.6 Å². The van der Waals surface area contributed by atoms with Crippen LogP contribution >= 0.6 is 11.8 Å². The maximum atomic E-state index is 6.91. The molecule has 0 N–H and O–H groups in total. The molecule has 0 unspecified atom stereocenters. The Hall–Kier alpha value is -6.45. The summed E-state index contributed by atoms with van der Waals surface area (Å²) in [5.41, 5.74) is 11.6. The molecule has 0 saturated heterocycles. The number of fused-ring (bicyclic) bond motifs is 4. The van der Waals surface area contributed by atoms with Crippen molar-refractivity contribution >= 4 is 84.8 Å². The molecule has 8 heterocycles. The normalized spacial score (nSPS) is 13.5. The minimum atomic E-state index is -0.125. The van der Waals surface area contributed by atoms with Gasteiger partial charge in [0.2, 0.25) is 5.88 Å². The molecule has 51 heavy (non-hydrogen) atoms. The van der Waals surface area contributed by atoms with Crippen LogP contribution in [0.2, 0.25) is 0 Å². The lowest BCUT2D eigenvalue weighted by Crippen LogP contribution is -2.62. The summed E-state index contributed by atoms with van der Waals surface area (Å²) < 4.78 is 9.27. The molecule has 4 aromatic carbocycles. The second-order valence-electron chi connectivity index (χ2n) is 13.1. The molecule has 0 bridgehead atoms. The number of anilines is 3. The van der Waals surface area contributed by atoms with E-state index in [1.54, 1.807) is 11.8 Å². The molecule has 236 valence electrons. The molecule has 0 spiro atoms. The number of hydrogen-bond acceptors (Lipinski definition) is 7. The van der Waals surface area contributed by atoms with Gasteiger partial charge in [0.15, 0.2) is 0 Å². The van der Waals surface area contributed by atoms with Crippen molar-refractivity contribution in [2.75, 3.05) is 4.90 Å². The van der Waals surface area contributed by atoms with Crippen LogP contribution in [0.15, 0.2) is 150 Å². The lowest BCUT2D eigenvalue weighted by molar-refractivity contribution is 0.467. The molecule has 0 amide bonds. The van der Waals surface area contributed by atoms with Gasteiger partial charge >= 0.3 is 0 Å². The predicted octanol–water partition coefficient (Wildman–Crippen LogP) is 8.05. The first-order chi connectivity index (χ1) is 25.3. The summed E-state index contributed by atoms with van der Waals surface area (Å²) in [6.45, 7) is -0.125. The van der Waals surface area contributed by atoms with Crippen molar-refractivity contribution in [1.82, 2.24) is 24.5 Å². The second-order valence-corrected chi connectivity index (χ2v) is 14.1. The highest BCUT2D eigenvalue weighted by atomic mass is 32.2. The van der Waals surface area contributed by atoms with Gasteiger partial charge in [0.05, 0.1) is 21.6 Å². The summed E-state index contributed by atoms with van der Waals surface area (Å²) in [5.74, 6) is 2.32. The molecule has 3 aliphatic rings. The molecule has 0 atom stereocenters. The van der Waals surface area contributed by atoms with E-state index in [2.05, 4.69) is 112 Å². The standard InChI is InChI=1S/C42H23BN6OS/c1-4-13-31-27(10-1)26(16-19-44-31)30-23-47-42-38-39(30)50-41-36-34(17-20-46-41)49(40-37(43(36)38)35(51-42)18-21-45-40)25-9-7-8-24(22-25)48-32-14-5-2-11-28(32)29-12-3-6-15-33(29)48/h1-23H. The first-order valence-electron chi connectivity index (χ1n) is 16.9. The topological polar surface area (TPSA) is 69.0 Å². The zero-order valence-corrected chi connectivity index (χ0v) is 27.7. The summed E-state index contributed by atoms with van der Waals surface area (Å²) in [6, 6.07) is 40.4. The van der Waals surface area contributed by atoms with Crippen molar-refractivity contribution in [2.45, 2.75) is 9.92 Å². The summed E-state index contributed by atoms with van der Waals surface area (Å²) in [5, 5.41) is 4.47. The highest BCUT2D eigenvalue weighted by molar-refractivity contribution is 8.00. The number of aromatic nitrogens is 5. The second kappa shape index (κ2) is 10.1. The van der Waals surface area contributed by atoms with Gasteiger partial charge in [0, 0.05) is 79.4 Å². The number of pyridine rings is 4. The van der Waals surface area contributed by atoms with Gasteiger partial charge in [-0.15, -0.1) is 0 Å². The first-order valence-corrected chi connectivity index (χ1v) is 17.7. The Balaban J connectivity index is 1.08. The lowest BCUT2D eigenvalue weighted by atomic mass is 9.34. The lowest BCUT2D eigenvalue weighted by Gasteiger charge is -2.41. The number of benzene rings is 4. The maximum Gasteiger partial charge on any atom is 0.265 e. The number of ether oxygens (including phenoxy) is 1. The van der Waals surface area contributed by atoms with Crippen molar-refractivity contribution in [2.24, 2.45) is 0 Å². The molecule has 12 rings (SSSR count). The van der Waals surface area contributed by atoms with Crippen LogP contribution in [0.25, 0.3) is 49.5 Å². The van der Waals surface area contributed by atoms with Crippen LogP contribution in [-0.4, -0.2) is 31.2 Å². The molecule has 9 heteroatoms. The van der Waals surface area contributed by atoms with Crippen LogP contribution in [0.1, 0.15) is 0 Å². The third kappa shape index (κ3) is 3.65. The van der Waals surface area contributed by atoms with Crippen LogP contribution in [-0.2, 0) is 0 Å². The Labute approximate surface area is 296 Å². The van der Waals surface area contributed by atoms with Crippen molar-refractivity contribution in [3.8, 4) is 28.4 Å². The minimum Gasteiger partial charge on any atom is -0.439 e. The number of nitrogens with zero attached hydrogens (tertiary/aromatic N) is 6. The highest BCUT2D eigenvalue weighted by Gasteiger charge is 2.49. The fourth-order valence-electron chi connectivity index (χ4n) is 8.42. The van der Waals surface area contributed by atoms with Crippen molar-refractivity contribution < 1.29 is 4.74 Å². The first kappa shape index (κ1) is 27.4. The Morgan fingerprint density at radius 1 is 0.588 bits per heavy atom. The number of rotatable bonds is 3. The minimum absolute atomic E-state index is 0.125. The van der Waals surface area contributed by atoms with Gasteiger partial charge < -0.3 is 9.30 Å². The Bertz CT molecular complexity index is 2900. The van der Waals surface area contributed by atoms with Crippen molar-refractivity contribution in [3.63, 3.8) is 0 Å². The molecule has 0 radical (unpaired) electrons. The molecule has 7 nitrogen and oxygen atoms in total. The average Bonchev–Trinajstić information content (AvgIpc) is 3.52. The van der Waals surface area contributed by atoms with E-state index in [9.17, 15) is 0 Å². The van der Waals surface area contributed by atoms with Gasteiger partial charge in [-0.3, -0.25) is 9.88 Å². The van der Waals surface area contributed by atoms with E-state index in [4.69, 9.17) is 19.7 Å². The number of hydrogen-bond donors (Lipinski definition) is 0. The molecule has 0 saturated carbocycles. The summed E-state index contributed by atoms with van der Waals surface area (Å²) in [7, 11) is 0. The molecule has 5 aromatic heterocycles. The third-order valence-corrected chi connectivity index (χ3v) is 11.6. The highest BCUT2D eigenvalue weighted by Crippen LogP contribution is 2.47. The Morgan fingerprint density at radius 3 is 2.20 bits per heavy atom. The molecule has 0 aliphatic carbocycles. The van der Waals surface area contributed by atoms with E-state index in [1.807, 2.05) is 43.0 Å². The molecule has 3 aliphatic heterocycles. The quantitative estimate of drug-likeness (QED) is 0.176. The van der Waals surface area contributed by atoms with Gasteiger partial charge in [-0.05, 0) is 65.6 Å². The van der Waals surface area contributed by atoms with Crippen LogP contribution in [0.3, 0.4) is 0 Å². The van der Waals surface area contributed by atoms with E-state index in [1.165, 1.54) is 21.8 Å². The summed E-state index contributed by atoms with van der Waals surface area (Å²) >= 11 is 1.68. The smallest absolute Gasteiger partial charge is 0.265 e. The molecular weight excluding hydrogens is 647 g/mol. The zero-order chi connectivity index (χ0) is 33.2. The SMILES string of the molecule is c1cc(N2c3ccnc4c3B3c5c(ccnc52)Sc2ncc(-c5ccnc6ccccc56)c(c23)O4)cc(-n2c3ccccc3c3ccccc32)c1. The van der Waals surface area contributed by atoms with E-state index in [-0.39, 0.29) is 6.71 Å². The predicted molar refractivity (Wildman–Crippen MR) is 205 cm³/mol. The van der Waals surface area contributed by atoms with E-state index in [0.29, 0.717) is 5.88 Å². The fourth-order valence-corrected chi connectivity index (χ4v) is 9.50. The summed E-state index contributed by atoms with van der Waals surface area (Å²) in [4.78, 5) is 23.1. The third-order valence-electron chi connectivity index (χ3n) is 10.5. The van der Waals surface area contributed by atoms with Crippen LogP contribution in [0.5, 0.6) is 11.6 Å². The van der Waals surface area contributed by atoms with Crippen molar-refractivity contribution in [1.29, 1.82) is 0 Å². The number of para-hydroxylation sites is 3.